The van der Waals surface area contributed by atoms with E-state index >= 15 is 0 Å². The maximum atomic E-state index is 12.5. The summed E-state index contributed by atoms with van der Waals surface area (Å²) in [6.45, 7) is 0. The molecule has 0 aliphatic carbocycles. The van der Waals surface area contributed by atoms with E-state index < -0.39 is 0 Å². The summed E-state index contributed by atoms with van der Waals surface area (Å²) < 4.78 is 12.5. The number of aromatic nitrogens is 2. The lowest BCUT2D eigenvalue weighted by Crippen LogP contribution is -2.09. The molecule has 0 radical (unpaired) electrons. The van der Waals surface area contributed by atoms with E-state index in [-0.39, 0.29) is 5.78 Å². The monoisotopic (exact) mass is 358 g/mol. The molecule has 1 heterocycles. The molecule has 0 aliphatic heterocycles. The van der Waals surface area contributed by atoms with Crippen LogP contribution in [0.1, 0.15) is 16.1 Å². The summed E-state index contributed by atoms with van der Waals surface area (Å²) >= 11 is 9.41. The molecule has 0 saturated heterocycles. The molecule has 0 N–H and O–H groups in total. The Labute approximate surface area is 129 Å². The number of rotatable bonds is 4. The zero-order valence-corrected chi connectivity index (χ0v) is 13.4. The largest absolute Gasteiger partial charge is 0.493 e. The van der Waals surface area contributed by atoms with Crippen molar-refractivity contribution in [2.24, 2.45) is 7.05 Å². The van der Waals surface area contributed by atoms with Gasteiger partial charge in [0.15, 0.2) is 11.5 Å². The van der Waals surface area contributed by atoms with Crippen LogP contribution in [0.2, 0.25) is 5.02 Å². The maximum Gasteiger partial charge on any atom is 0.212 e. The average molecular weight is 360 g/mol. The smallest absolute Gasteiger partial charge is 0.212 e. The number of hydrogen-bond donors (Lipinski definition) is 0. The van der Waals surface area contributed by atoms with Crippen LogP contribution in [0.3, 0.4) is 0 Å². The quantitative estimate of drug-likeness (QED) is 0.787. The zero-order chi connectivity index (χ0) is 14.9. The fraction of sp³-hybridized carbons (Fsp3) is 0.231. The van der Waals surface area contributed by atoms with Crippen molar-refractivity contribution >= 4 is 33.3 Å². The SMILES string of the molecule is COc1cc(C(=O)c2c(Br)cnn2C)cc(Cl)c1OC. The highest BCUT2D eigenvalue weighted by molar-refractivity contribution is 9.10. The second kappa shape index (κ2) is 5.85. The van der Waals surface area contributed by atoms with E-state index in [2.05, 4.69) is 21.0 Å². The van der Waals surface area contributed by atoms with E-state index in [1.54, 1.807) is 25.4 Å². The molecule has 106 valence electrons. The van der Waals surface area contributed by atoms with Gasteiger partial charge in [-0.25, -0.2) is 0 Å². The van der Waals surface area contributed by atoms with E-state index in [9.17, 15) is 4.79 Å². The number of methoxy groups -OCH3 is 2. The number of benzene rings is 1. The summed E-state index contributed by atoms with van der Waals surface area (Å²) in [4.78, 5) is 12.5. The maximum absolute atomic E-state index is 12.5. The predicted octanol–water partition coefficient (Wildman–Crippen LogP) is 3.08. The Morgan fingerprint density at radius 3 is 2.55 bits per heavy atom. The summed E-state index contributed by atoms with van der Waals surface area (Å²) in [5, 5.41) is 4.33. The Kier molecular flexibility index (Phi) is 4.35. The summed E-state index contributed by atoms with van der Waals surface area (Å²) in [7, 11) is 4.67. The van der Waals surface area contributed by atoms with Crippen LogP contribution in [-0.2, 0) is 7.05 Å². The molecule has 7 heteroatoms. The lowest BCUT2D eigenvalue weighted by molar-refractivity contribution is 0.102. The van der Waals surface area contributed by atoms with Gasteiger partial charge < -0.3 is 9.47 Å². The van der Waals surface area contributed by atoms with Gasteiger partial charge >= 0.3 is 0 Å². The highest BCUT2D eigenvalue weighted by atomic mass is 79.9. The number of nitrogens with zero attached hydrogens (tertiary/aromatic N) is 2. The Hall–Kier alpha value is -1.53. The summed E-state index contributed by atoms with van der Waals surface area (Å²) in [5.74, 6) is 0.594. The highest BCUT2D eigenvalue weighted by Crippen LogP contribution is 2.36. The number of carbonyl (C=O) groups is 1. The fourth-order valence-electron chi connectivity index (χ4n) is 1.85. The molecule has 0 spiro atoms. The molecule has 2 aromatic rings. The van der Waals surface area contributed by atoms with Crippen LogP contribution in [0, 0.1) is 0 Å². The highest BCUT2D eigenvalue weighted by Gasteiger charge is 2.20. The molecule has 0 unspecified atom stereocenters. The number of ketones is 1. The number of halogens is 2. The van der Waals surface area contributed by atoms with Gasteiger partial charge in [-0.2, -0.15) is 5.10 Å². The first-order chi connectivity index (χ1) is 9.49. The first kappa shape index (κ1) is 14.9. The van der Waals surface area contributed by atoms with Gasteiger partial charge in [0, 0.05) is 12.6 Å². The molecule has 5 nitrogen and oxygen atoms in total. The second-order valence-corrected chi connectivity index (χ2v) is 5.25. The molecule has 0 amide bonds. The molecule has 2 rings (SSSR count). The molecule has 0 fully saturated rings. The number of aryl methyl sites for hydroxylation is 1. The lowest BCUT2D eigenvalue weighted by Gasteiger charge is -2.11. The predicted molar refractivity (Wildman–Crippen MR) is 78.9 cm³/mol. The topological polar surface area (TPSA) is 53.3 Å². The Bertz CT molecular complexity index is 650. The minimum absolute atomic E-state index is 0.209. The van der Waals surface area contributed by atoms with Gasteiger partial charge in [-0.15, -0.1) is 0 Å². The van der Waals surface area contributed by atoms with Gasteiger partial charge in [-0.3, -0.25) is 9.48 Å². The van der Waals surface area contributed by atoms with Crippen molar-refractivity contribution in [3.05, 3.63) is 39.1 Å². The van der Waals surface area contributed by atoms with Gasteiger partial charge in [-0.1, -0.05) is 11.6 Å². The normalized spacial score (nSPS) is 10.4. The van der Waals surface area contributed by atoms with Crippen LogP contribution in [0.25, 0.3) is 0 Å². The third kappa shape index (κ3) is 2.53. The van der Waals surface area contributed by atoms with Crippen LogP contribution in [-0.4, -0.2) is 29.8 Å². The van der Waals surface area contributed by atoms with Crippen molar-refractivity contribution in [1.82, 2.24) is 9.78 Å². The standard InChI is InChI=1S/C13H12BrClN2O3/c1-17-11(8(14)6-16-17)12(18)7-4-9(15)13(20-3)10(5-7)19-2/h4-6H,1-3H3. The zero-order valence-electron chi connectivity index (χ0n) is 11.1. The van der Waals surface area contributed by atoms with E-state index in [1.165, 1.54) is 18.9 Å². The molecule has 0 saturated carbocycles. The van der Waals surface area contributed by atoms with Crippen LogP contribution in [0.5, 0.6) is 11.5 Å². The lowest BCUT2D eigenvalue weighted by atomic mass is 10.1. The molecule has 1 aromatic carbocycles. The van der Waals surface area contributed by atoms with Gasteiger partial charge in [0.25, 0.3) is 0 Å². The first-order valence-electron chi connectivity index (χ1n) is 5.63. The number of hydrogen-bond acceptors (Lipinski definition) is 4. The van der Waals surface area contributed by atoms with Crippen molar-refractivity contribution in [3.63, 3.8) is 0 Å². The van der Waals surface area contributed by atoms with Crippen molar-refractivity contribution in [2.75, 3.05) is 14.2 Å². The van der Waals surface area contributed by atoms with Crippen molar-refractivity contribution in [2.45, 2.75) is 0 Å². The molecule has 1 aromatic heterocycles. The van der Waals surface area contributed by atoms with Gasteiger partial charge in [0.05, 0.1) is 29.9 Å². The van der Waals surface area contributed by atoms with E-state index in [0.717, 1.165) is 0 Å². The molecule has 0 aliphatic rings. The third-order valence-electron chi connectivity index (χ3n) is 2.80. The van der Waals surface area contributed by atoms with Crippen LogP contribution in [0.15, 0.2) is 22.8 Å². The van der Waals surface area contributed by atoms with Crippen LogP contribution >= 0.6 is 27.5 Å². The summed E-state index contributed by atoms with van der Waals surface area (Å²) in [6.07, 6.45) is 1.57. The fourth-order valence-corrected chi connectivity index (χ4v) is 2.67. The van der Waals surface area contributed by atoms with Gasteiger partial charge in [-0.05, 0) is 28.1 Å². The molecule has 20 heavy (non-hydrogen) atoms. The van der Waals surface area contributed by atoms with Gasteiger partial charge in [0.2, 0.25) is 5.78 Å². The Morgan fingerprint density at radius 1 is 1.35 bits per heavy atom. The van der Waals surface area contributed by atoms with Crippen LogP contribution in [0.4, 0.5) is 0 Å². The Morgan fingerprint density at radius 2 is 2.05 bits per heavy atom. The van der Waals surface area contributed by atoms with Crippen molar-refractivity contribution < 1.29 is 14.3 Å². The number of ether oxygens (including phenoxy) is 2. The summed E-state index contributed by atoms with van der Waals surface area (Å²) in [5.41, 5.74) is 0.838. The van der Waals surface area contributed by atoms with E-state index in [1.807, 2.05) is 0 Å². The van der Waals surface area contributed by atoms with E-state index in [4.69, 9.17) is 21.1 Å². The molecular formula is C13H12BrClN2O3. The second-order valence-electron chi connectivity index (χ2n) is 3.99. The van der Waals surface area contributed by atoms with Crippen molar-refractivity contribution in [3.8, 4) is 11.5 Å². The minimum Gasteiger partial charge on any atom is -0.493 e. The van der Waals surface area contributed by atoms with Crippen molar-refractivity contribution in [1.29, 1.82) is 0 Å². The van der Waals surface area contributed by atoms with Crippen LogP contribution < -0.4 is 9.47 Å². The van der Waals surface area contributed by atoms with Gasteiger partial charge in [0.1, 0.15) is 5.69 Å². The first-order valence-corrected chi connectivity index (χ1v) is 6.80. The van der Waals surface area contributed by atoms with E-state index in [0.29, 0.717) is 32.3 Å². The molecule has 0 atom stereocenters. The average Bonchev–Trinajstić information content (AvgIpc) is 2.76. The number of carbonyl (C=O) groups excluding carboxylic acids is 1. The molecule has 0 bridgehead atoms. The minimum atomic E-state index is -0.209. The molecular weight excluding hydrogens is 348 g/mol. The Balaban J connectivity index is 2.54. The summed E-state index contributed by atoms with van der Waals surface area (Å²) in [6, 6.07) is 3.14. The third-order valence-corrected chi connectivity index (χ3v) is 3.67.